The Kier molecular flexibility index (Phi) is 2.66. The molecule has 0 aliphatic rings. The third-order valence-electron chi connectivity index (χ3n) is 1.22. The zero-order valence-electron chi connectivity index (χ0n) is 5.53. The standard InChI is InChI=1S/C6H7AsClNO2/c8-7(11)4-1-2-6(10)5(9)3-4/h1-3,10-11H,9H2. The van der Waals surface area contributed by atoms with Crippen molar-refractivity contribution in [2.45, 2.75) is 0 Å². The van der Waals surface area contributed by atoms with Gasteiger partial charge >= 0.3 is 72.9 Å². The van der Waals surface area contributed by atoms with E-state index < -0.39 is 14.1 Å². The first-order valence-corrected chi connectivity index (χ1v) is 7.09. The molecule has 0 bridgehead atoms. The summed E-state index contributed by atoms with van der Waals surface area (Å²) in [6.45, 7) is 0. The van der Waals surface area contributed by atoms with Crippen molar-refractivity contribution in [1.82, 2.24) is 0 Å². The van der Waals surface area contributed by atoms with Crippen LogP contribution < -0.4 is 10.1 Å². The topological polar surface area (TPSA) is 66.5 Å². The number of benzene rings is 1. The van der Waals surface area contributed by atoms with Gasteiger partial charge in [0.2, 0.25) is 0 Å². The fraction of sp³-hybridized carbons (Fsp3) is 0. The first-order valence-electron chi connectivity index (χ1n) is 2.84. The van der Waals surface area contributed by atoms with Crippen molar-refractivity contribution in [2.75, 3.05) is 5.73 Å². The van der Waals surface area contributed by atoms with Crippen LogP contribution in [0.5, 0.6) is 5.75 Å². The molecule has 1 aromatic rings. The number of nitrogen functional groups attached to an aromatic ring is 1. The summed E-state index contributed by atoms with van der Waals surface area (Å²) in [4.78, 5) is 0. The molecule has 0 heterocycles. The summed E-state index contributed by atoms with van der Waals surface area (Å²) in [5.41, 5.74) is 5.61. The van der Waals surface area contributed by atoms with E-state index in [1.165, 1.54) is 12.1 Å². The van der Waals surface area contributed by atoms with Crippen molar-refractivity contribution in [3.63, 3.8) is 0 Å². The van der Waals surface area contributed by atoms with Crippen LogP contribution in [0.3, 0.4) is 0 Å². The van der Waals surface area contributed by atoms with Gasteiger partial charge in [0.1, 0.15) is 0 Å². The predicted molar refractivity (Wildman–Crippen MR) is 46.0 cm³/mol. The Morgan fingerprint density at radius 1 is 1.45 bits per heavy atom. The molecule has 0 fully saturated rings. The van der Waals surface area contributed by atoms with Crippen LogP contribution in [0.2, 0.25) is 0 Å². The van der Waals surface area contributed by atoms with E-state index in [1.54, 1.807) is 6.07 Å². The number of hydrogen-bond donors (Lipinski definition) is 3. The monoisotopic (exact) mass is 235 g/mol. The molecular formula is C6H7AsClNO2. The maximum atomic E-state index is 9.01. The SMILES string of the molecule is Nc1cc([As](O)Cl)ccc1O. The molecule has 11 heavy (non-hydrogen) atoms. The van der Waals surface area contributed by atoms with E-state index in [0.717, 1.165) is 0 Å². The molecule has 1 atom stereocenters. The normalized spacial score (nSPS) is 12.9. The molecule has 0 amide bonds. The number of nitrogens with two attached hydrogens (primary N) is 1. The van der Waals surface area contributed by atoms with Crippen LogP contribution in [0.25, 0.3) is 0 Å². The van der Waals surface area contributed by atoms with Gasteiger partial charge in [0.25, 0.3) is 0 Å². The Labute approximate surface area is 73.2 Å². The van der Waals surface area contributed by atoms with Crippen molar-refractivity contribution in [2.24, 2.45) is 0 Å². The minimum atomic E-state index is -2.36. The van der Waals surface area contributed by atoms with Crippen LogP contribution >= 0.6 is 9.95 Å². The number of hydrogen-bond acceptors (Lipinski definition) is 3. The molecule has 0 saturated carbocycles. The molecule has 0 radical (unpaired) electrons. The van der Waals surface area contributed by atoms with Gasteiger partial charge in [-0.15, -0.1) is 0 Å². The average Bonchev–Trinajstić information content (AvgIpc) is 1.94. The number of rotatable bonds is 1. The summed E-state index contributed by atoms with van der Waals surface area (Å²) in [5.74, 6) is 0.0151. The number of phenolic OH excluding ortho intramolecular Hbond substituents is 1. The molecule has 0 aromatic heterocycles. The number of phenols is 1. The zero-order chi connectivity index (χ0) is 8.43. The minimum absolute atomic E-state index is 0.0151. The fourth-order valence-corrected chi connectivity index (χ4v) is 2.13. The second-order valence-electron chi connectivity index (χ2n) is 2.00. The van der Waals surface area contributed by atoms with Gasteiger partial charge in [-0.05, 0) is 0 Å². The van der Waals surface area contributed by atoms with Gasteiger partial charge in [-0.1, -0.05) is 0 Å². The molecule has 0 spiro atoms. The Morgan fingerprint density at radius 2 is 2.09 bits per heavy atom. The average molecular weight is 236 g/mol. The van der Waals surface area contributed by atoms with Gasteiger partial charge in [-0.2, -0.15) is 0 Å². The molecule has 0 aliphatic carbocycles. The van der Waals surface area contributed by atoms with Gasteiger partial charge in [0, 0.05) is 0 Å². The van der Waals surface area contributed by atoms with Crippen molar-refractivity contribution < 1.29 is 9.20 Å². The second kappa shape index (κ2) is 3.35. The summed E-state index contributed by atoms with van der Waals surface area (Å²) in [6.07, 6.45) is 0. The van der Waals surface area contributed by atoms with Crippen LogP contribution in [0.15, 0.2) is 18.2 Å². The predicted octanol–water partition coefficient (Wildman–Crippen LogP) is -0.0993. The van der Waals surface area contributed by atoms with Gasteiger partial charge in [0.05, 0.1) is 0 Å². The zero-order valence-corrected chi connectivity index (χ0v) is 8.16. The third-order valence-corrected chi connectivity index (χ3v) is 3.72. The fourth-order valence-electron chi connectivity index (χ4n) is 0.657. The molecule has 60 valence electrons. The van der Waals surface area contributed by atoms with Crippen molar-refractivity contribution in [1.29, 1.82) is 0 Å². The quantitative estimate of drug-likeness (QED) is 0.362. The Bertz CT molecular complexity index is 267. The van der Waals surface area contributed by atoms with Crippen molar-refractivity contribution >= 4 is 34.0 Å². The molecule has 0 saturated heterocycles. The molecule has 4 N–H and O–H groups in total. The molecule has 1 aromatic carbocycles. The summed E-state index contributed by atoms with van der Waals surface area (Å²) in [7, 11) is 5.49. The Balaban J connectivity index is 3.05. The summed E-state index contributed by atoms with van der Waals surface area (Å²) < 4.78 is 9.63. The maximum absolute atomic E-state index is 9.01. The molecule has 1 rings (SSSR count). The van der Waals surface area contributed by atoms with Gasteiger partial charge in [-0.25, -0.2) is 0 Å². The van der Waals surface area contributed by atoms with Crippen LogP contribution in [-0.4, -0.2) is 23.3 Å². The molecule has 0 aliphatic heterocycles. The van der Waals surface area contributed by atoms with E-state index in [2.05, 4.69) is 0 Å². The first kappa shape index (κ1) is 8.72. The van der Waals surface area contributed by atoms with Crippen LogP contribution in [0.1, 0.15) is 0 Å². The van der Waals surface area contributed by atoms with Gasteiger partial charge in [0.15, 0.2) is 0 Å². The number of halogens is 1. The first-order chi connectivity index (χ1) is 5.11. The summed E-state index contributed by atoms with van der Waals surface area (Å²) in [6, 6.07) is 4.48. The number of anilines is 1. The van der Waals surface area contributed by atoms with E-state index in [1.807, 2.05) is 0 Å². The van der Waals surface area contributed by atoms with E-state index in [4.69, 9.17) is 24.9 Å². The van der Waals surface area contributed by atoms with Crippen LogP contribution in [0, 0.1) is 0 Å². The molecule has 1 unspecified atom stereocenters. The van der Waals surface area contributed by atoms with E-state index in [9.17, 15) is 0 Å². The third kappa shape index (κ3) is 2.03. The van der Waals surface area contributed by atoms with Gasteiger partial charge in [-0.3, -0.25) is 0 Å². The number of aromatic hydroxyl groups is 1. The Hall–Kier alpha value is -0.372. The second-order valence-corrected chi connectivity index (χ2v) is 5.84. The Morgan fingerprint density at radius 3 is 2.55 bits per heavy atom. The van der Waals surface area contributed by atoms with Gasteiger partial charge < -0.3 is 0 Å². The molecular weight excluding hydrogens is 228 g/mol. The van der Waals surface area contributed by atoms with Crippen LogP contribution in [-0.2, 0) is 0 Å². The van der Waals surface area contributed by atoms with Crippen LogP contribution in [0.4, 0.5) is 5.69 Å². The van der Waals surface area contributed by atoms with E-state index in [0.29, 0.717) is 4.35 Å². The van der Waals surface area contributed by atoms with Crippen molar-refractivity contribution in [3.05, 3.63) is 18.2 Å². The molecule has 3 nitrogen and oxygen atoms in total. The summed E-state index contributed by atoms with van der Waals surface area (Å²) in [5, 5.41) is 8.99. The van der Waals surface area contributed by atoms with E-state index in [-0.39, 0.29) is 11.4 Å². The molecule has 5 heteroatoms. The summed E-state index contributed by atoms with van der Waals surface area (Å²) >= 11 is -2.36. The van der Waals surface area contributed by atoms with E-state index >= 15 is 0 Å². The van der Waals surface area contributed by atoms with Crippen molar-refractivity contribution in [3.8, 4) is 5.75 Å².